The first kappa shape index (κ1) is 15.5. The van der Waals surface area contributed by atoms with Crippen LogP contribution in [0, 0.1) is 12.8 Å². The highest BCUT2D eigenvalue weighted by molar-refractivity contribution is 5.92. The van der Waals surface area contributed by atoms with E-state index in [4.69, 9.17) is 0 Å². The molecule has 4 nitrogen and oxygen atoms in total. The number of nitrogens with one attached hydrogen (secondary N) is 1. The van der Waals surface area contributed by atoms with Crippen molar-refractivity contribution in [3.8, 4) is 0 Å². The molecule has 23 heavy (non-hydrogen) atoms. The third-order valence-corrected chi connectivity index (χ3v) is 4.40. The molecule has 0 spiro atoms. The van der Waals surface area contributed by atoms with E-state index in [0.717, 1.165) is 43.0 Å². The first-order valence-electron chi connectivity index (χ1n) is 8.28. The summed E-state index contributed by atoms with van der Waals surface area (Å²) in [6, 6.07) is 12.3. The first-order valence-corrected chi connectivity index (χ1v) is 8.28. The average molecular weight is 309 g/mol. The molecule has 2 aromatic rings. The third kappa shape index (κ3) is 3.52. The zero-order valence-corrected chi connectivity index (χ0v) is 13.7. The fourth-order valence-electron chi connectivity index (χ4n) is 2.81. The highest BCUT2D eigenvalue weighted by Crippen LogP contribution is 2.28. The summed E-state index contributed by atoms with van der Waals surface area (Å²) < 4.78 is 0. The van der Waals surface area contributed by atoms with Crippen molar-refractivity contribution < 1.29 is 4.79 Å². The molecule has 4 heteroatoms. The molecule has 1 heterocycles. The molecule has 1 aliphatic rings. The van der Waals surface area contributed by atoms with Crippen molar-refractivity contribution in [2.75, 3.05) is 16.8 Å². The van der Waals surface area contributed by atoms with Gasteiger partial charge in [-0.05, 0) is 56.5 Å². The number of nitrogens with zero attached hydrogens (tertiary/aromatic N) is 2. The molecule has 120 valence electrons. The zero-order chi connectivity index (χ0) is 16.2. The minimum atomic E-state index is 0.122. The lowest BCUT2D eigenvalue weighted by Gasteiger charge is -2.24. The Morgan fingerprint density at radius 2 is 2.13 bits per heavy atom. The molecule has 1 aromatic carbocycles. The van der Waals surface area contributed by atoms with E-state index >= 15 is 0 Å². The summed E-state index contributed by atoms with van der Waals surface area (Å²) in [5, 5.41) is 2.96. The van der Waals surface area contributed by atoms with Crippen LogP contribution in [0.3, 0.4) is 0 Å². The van der Waals surface area contributed by atoms with E-state index in [1.165, 1.54) is 5.56 Å². The summed E-state index contributed by atoms with van der Waals surface area (Å²) in [6.45, 7) is 5.03. The van der Waals surface area contributed by atoms with Gasteiger partial charge in [-0.2, -0.15) is 0 Å². The van der Waals surface area contributed by atoms with E-state index in [0.29, 0.717) is 0 Å². The number of aryl methyl sites for hydroxylation is 1. The van der Waals surface area contributed by atoms with Crippen molar-refractivity contribution in [3.05, 3.63) is 48.2 Å². The summed E-state index contributed by atoms with van der Waals surface area (Å²) in [4.78, 5) is 18.7. The predicted molar refractivity (Wildman–Crippen MR) is 94.1 cm³/mol. The van der Waals surface area contributed by atoms with Crippen molar-refractivity contribution in [1.82, 2.24) is 4.98 Å². The second kappa shape index (κ2) is 6.82. The topological polar surface area (TPSA) is 45.2 Å². The number of hydrogen-bond donors (Lipinski definition) is 1. The lowest BCUT2D eigenvalue weighted by Crippen LogP contribution is -2.28. The highest BCUT2D eigenvalue weighted by Gasteiger charge is 2.25. The summed E-state index contributed by atoms with van der Waals surface area (Å²) in [7, 11) is 0. The predicted octanol–water partition coefficient (Wildman–Crippen LogP) is 4.29. The van der Waals surface area contributed by atoms with Gasteiger partial charge in [-0.1, -0.05) is 18.6 Å². The monoisotopic (exact) mass is 309 g/mol. The summed E-state index contributed by atoms with van der Waals surface area (Å²) in [5.74, 6) is 1.20. The van der Waals surface area contributed by atoms with Crippen LogP contribution in [0.5, 0.6) is 0 Å². The van der Waals surface area contributed by atoms with Gasteiger partial charge in [0.05, 0.1) is 11.9 Å². The normalized spacial score (nSPS) is 14.2. The zero-order valence-electron chi connectivity index (χ0n) is 13.7. The number of hydrogen-bond acceptors (Lipinski definition) is 3. The molecule has 1 N–H and O–H groups in total. The van der Waals surface area contributed by atoms with E-state index in [2.05, 4.69) is 53.3 Å². The van der Waals surface area contributed by atoms with Crippen molar-refractivity contribution in [2.24, 2.45) is 5.92 Å². The molecule has 0 radical (unpaired) electrons. The van der Waals surface area contributed by atoms with Gasteiger partial charge < -0.3 is 10.2 Å². The van der Waals surface area contributed by atoms with Crippen molar-refractivity contribution in [2.45, 2.75) is 33.1 Å². The van der Waals surface area contributed by atoms with Gasteiger partial charge in [0, 0.05) is 18.2 Å². The quantitative estimate of drug-likeness (QED) is 0.896. The van der Waals surface area contributed by atoms with Gasteiger partial charge in [-0.3, -0.25) is 4.79 Å². The number of aromatic nitrogens is 1. The van der Waals surface area contributed by atoms with Crippen LogP contribution in [0.2, 0.25) is 0 Å². The largest absolute Gasteiger partial charge is 0.327 e. The third-order valence-electron chi connectivity index (χ3n) is 4.40. The molecule has 0 saturated heterocycles. The van der Waals surface area contributed by atoms with Crippen LogP contribution in [-0.4, -0.2) is 17.4 Å². The number of anilines is 3. The lowest BCUT2D eigenvalue weighted by atomic mass is 9.85. The molecule has 1 aliphatic carbocycles. The maximum absolute atomic E-state index is 12.0. The number of carbonyl (C=O) groups excluding carboxylic acids is 1. The SMILES string of the molecule is CCN(c1cccc(C)c1)c1ccc(NC(=O)C2CCC2)cn1. The summed E-state index contributed by atoms with van der Waals surface area (Å²) in [5.41, 5.74) is 3.13. The number of amides is 1. The number of rotatable bonds is 5. The van der Waals surface area contributed by atoms with Gasteiger partial charge in [-0.15, -0.1) is 0 Å². The van der Waals surface area contributed by atoms with E-state index < -0.39 is 0 Å². The Hall–Kier alpha value is -2.36. The van der Waals surface area contributed by atoms with Crippen LogP contribution in [0.25, 0.3) is 0 Å². The van der Waals surface area contributed by atoms with Crippen LogP contribution in [0.1, 0.15) is 31.7 Å². The molecule has 1 fully saturated rings. The van der Waals surface area contributed by atoms with E-state index in [-0.39, 0.29) is 11.8 Å². The van der Waals surface area contributed by atoms with E-state index in [9.17, 15) is 4.79 Å². The number of carbonyl (C=O) groups is 1. The van der Waals surface area contributed by atoms with Crippen LogP contribution in [-0.2, 0) is 4.79 Å². The van der Waals surface area contributed by atoms with Gasteiger partial charge in [0.1, 0.15) is 5.82 Å². The molecule has 0 aliphatic heterocycles. The molecule has 1 saturated carbocycles. The Labute approximate surface area is 137 Å². The minimum absolute atomic E-state index is 0.122. The maximum Gasteiger partial charge on any atom is 0.227 e. The van der Waals surface area contributed by atoms with Crippen LogP contribution in [0.15, 0.2) is 42.6 Å². The molecule has 0 unspecified atom stereocenters. The van der Waals surface area contributed by atoms with Crippen LogP contribution in [0.4, 0.5) is 17.2 Å². The molecule has 1 aromatic heterocycles. The van der Waals surface area contributed by atoms with Crippen molar-refractivity contribution >= 4 is 23.1 Å². The summed E-state index contributed by atoms with van der Waals surface area (Å²) >= 11 is 0. The second-order valence-corrected chi connectivity index (χ2v) is 6.11. The lowest BCUT2D eigenvalue weighted by molar-refractivity contribution is -0.122. The standard InChI is InChI=1S/C19H23N3O/c1-3-22(17-9-4-6-14(2)12-17)18-11-10-16(13-20-18)21-19(23)15-7-5-8-15/h4,6,9-13,15H,3,5,7-8H2,1-2H3,(H,21,23). The highest BCUT2D eigenvalue weighted by atomic mass is 16.1. The fourth-order valence-corrected chi connectivity index (χ4v) is 2.81. The molecular weight excluding hydrogens is 286 g/mol. The smallest absolute Gasteiger partial charge is 0.227 e. The molecular formula is C19H23N3O. The number of benzene rings is 1. The minimum Gasteiger partial charge on any atom is -0.327 e. The number of pyridine rings is 1. The van der Waals surface area contributed by atoms with E-state index in [1.54, 1.807) is 6.20 Å². The average Bonchev–Trinajstić information content (AvgIpc) is 2.48. The van der Waals surface area contributed by atoms with Gasteiger partial charge in [0.2, 0.25) is 5.91 Å². The fraction of sp³-hybridized carbons (Fsp3) is 0.368. The van der Waals surface area contributed by atoms with Crippen LogP contribution >= 0.6 is 0 Å². The van der Waals surface area contributed by atoms with E-state index in [1.807, 2.05) is 12.1 Å². The molecule has 0 bridgehead atoms. The van der Waals surface area contributed by atoms with Gasteiger partial charge >= 0.3 is 0 Å². The van der Waals surface area contributed by atoms with Crippen LogP contribution < -0.4 is 10.2 Å². The molecule has 0 atom stereocenters. The Morgan fingerprint density at radius 3 is 2.70 bits per heavy atom. The Bertz CT molecular complexity index is 677. The second-order valence-electron chi connectivity index (χ2n) is 6.11. The Kier molecular flexibility index (Phi) is 4.60. The van der Waals surface area contributed by atoms with Crippen molar-refractivity contribution in [1.29, 1.82) is 0 Å². The van der Waals surface area contributed by atoms with Gasteiger partial charge in [0.25, 0.3) is 0 Å². The Morgan fingerprint density at radius 1 is 1.30 bits per heavy atom. The summed E-state index contributed by atoms with van der Waals surface area (Å²) in [6.07, 6.45) is 4.92. The van der Waals surface area contributed by atoms with Gasteiger partial charge in [0.15, 0.2) is 0 Å². The van der Waals surface area contributed by atoms with Crippen molar-refractivity contribution in [3.63, 3.8) is 0 Å². The maximum atomic E-state index is 12.0. The van der Waals surface area contributed by atoms with Gasteiger partial charge in [-0.25, -0.2) is 4.98 Å². The molecule has 1 amide bonds. The Balaban J connectivity index is 1.73. The molecule has 3 rings (SSSR count). The first-order chi connectivity index (χ1) is 11.2.